The molecule has 0 bridgehead atoms. The minimum Gasteiger partial charge on any atom is -0.393 e. The molecule has 1 nitrogen and oxygen atoms in total. The van der Waals surface area contributed by atoms with E-state index in [9.17, 15) is 5.11 Å². The molecule has 0 radical (unpaired) electrons. The quantitative estimate of drug-likeness (QED) is 0.386. The van der Waals surface area contributed by atoms with Crippen LogP contribution in [0.5, 0.6) is 0 Å². The summed E-state index contributed by atoms with van der Waals surface area (Å²) in [5.74, 6) is 1.47. The summed E-state index contributed by atoms with van der Waals surface area (Å²) in [7, 11) is 0. The number of fused-ring (bicyclic) bond motifs is 6. The Morgan fingerprint density at radius 3 is 2.06 bits per heavy atom. The monoisotopic (exact) mass is 426 g/mol. The highest BCUT2D eigenvalue weighted by Gasteiger charge is 2.67. The molecule has 1 heteroatoms. The van der Waals surface area contributed by atoms with Crippen molar-refractivity contribution in [3.05, 3.63) is 11.1 Å². The van der Waals surface area contributed by atoms with Crippen molar-refractivity contribution in [2.75, 3.05) is 0 Å². The molecule has 5 aliphatic rings. The van der Waals surface area contributed by atoms with E-state index in [0.29, 0.717) is 33.0 Å². The van der Waals surface area contributed by atoms with Crippen LogP contribution in [0.2, 0.25) is 0 Å². The molecule has 176 valence electrons. The van der Waals surface area contributed by atoms with Gasteiger partial charge in [-0.1, -0.05) is 66.5 Å². The number of aliphatic hydroxyl groups is 1. The molecule has 0 heterocycles. The van der Waals surface area contributed by atoms with Crippen LogP contribution in [0.15, 0.2) is 11.1 Å². The van der Waals surface area contributed by atoms with Crippen LogP contribution >= 0.6 is 0 Å². The summed E-state index contributed by atoms with van der Waals surface area (Å²) in [5.41, 5.74) is 6.03. The van der Waals surface area contributed by atoms with Gasteiger partial charge in [-0.3, -0.25) is 0 Å². The first kappa shape index (κ1) is 22.5. The number of hydrogen-bond acceptors (Lipinski definition) is 1. The van der Waals surface area contributed by atoms with E-state index >= 15 is 0 Å². The number of hydrogen-bond donors (Lipinski definition) is 1. The molecule has 0 aromatic heterocycles. The molecule has 5 aliphatic carbocycles. The first-order valence-electron chi connectivity index (χ1n) is 13.6. The summed E-state index contributed by atoms with van der Waals surface area (Å²) in [6.45, 7) is 20.4. The largest absolute Gasteiger partial charge is 0.393 e. The standard InChI is InChI=1S/C30H50O/c1-25(2)15-16-27(5)17-18-29(7)20(21(27)19-25)9-10-23-28(6)13-12-24(31)26(3,4)22(28)11-14-30(23,29)8/h22-24,31H,9-19H2,1-8H3/t22-,23+,24+,27+,28-,29+,30+/m0/s1. The van der Waals surface area contributed by atoms with E-state index in [1.165, 1.54) is 64.2 Å². The maximum absolute atomic E-state index is 10.9. The van der Waals surface area contributed by atoms with Crippen LogP contribution in [0, 0.1) is 44.3 Å². The van der Waals surface area contributed by atoms with Gasteiger partial charge in [0.1, 0.15) is 0 Å². The van der Waals surface area contributed by atoms with Crippen molar-refractivity contribution in [1.82, 2.24) is 0 Å². The van der Waals surface area contributed by atoms with Gasteiger partial charge in [0, 0.05) is 0 Å². The zero-order valence-corrected chi connectivity index (χ0v) is 22.0. The predicted octanol–water partition coefficient (Wildman–Crippen LogP) is 8.31. The minimum atomic E-state index is -0.119. The van der Waals surface area contributed by atoms with E-state index in [-0.39, 0.29) is 11.5 Å². The van der Waals surface area contributed by atoms with Crippen LogP contribution in [-0.4, -0.2) is 11.2 Å². The number of allylic oxidation sites excluding steroid dienone is 2. The lowest BCUT2D eigenvalue weighted by atomic mass is 9.34. The zero-order valence-electron chi connectivity index (χ0n) is 22.0. The van der Waals surface area contributed by atoms with Crippen molar-refractivity contribution in [1.29, 1.82) is 0 Å². The average molecular weight is 427 g/mol. The van der Waals surface area contributed by atoms with Crippen LogP contribution in [0.4, 0.5) is 0 Å². The lowest BCUT2D eigenvalue weighted by Gasteiger charge is -2.71. The van der Waals surface area contributed by atoms with Crippen molar-refractivity contribution < 1.29 is 5.11 Å². The highest BCUT2D eigenvalue weighted by Crippen LogP contribution is 2.75. The molecule has 4 saturated carbocycles. The van der Waals surface area contributed by atoms with Crippen molar-refractivity contribution >= 4 is 0 Å². The van der Waals surface area contributed by atoms with Crippen LogP contribution < -0.4 is 0 Å². The van der Waals surface area contributed by atoms with Gasteiger partial charge < -0.3 is 5.11 Å². The van der Waals surface area contributed by atoms with E-state index in [1.807, 2.05) is 11.1 Å². The van der Waals surface area contributed by atoms with Gasteiger partial charge in [0.2, 0.25) is 0 Å². The van der Waals surface area contributed by atoms with Crippen LogP contribution in [0.25, 0.3) is 0 Å². The van der Waals surface area contributed by atoms with E-state index in [4.69, 9.17) is 0 Å². The van der Waals surface area contributed by atoms with Gasteiger partial charge in [-0.05, 0) is 115 Å². The second-order valence-electron chi connectivity index (χ2n) is 15.2. The highest BCUT2D eigenvalue weighted by atomic mass is 16.3. The number of rotatable bonds is 0. The molecule has 0 aromatic carbocycles. The maximum Gasteiger partial charge on any atom is 0.0594 e. The molecular formula is C30H50O. The molecule has 0 unspecified atom stereocenters. The average Bonchev–Trinajstić information content (AvgIpc) is 2.67. The topological polar surface area (TPSA) is 20.2 Å². The summed E-state index contributed by atoms with van der Waals surface area (Å²) < 4.78 is 0. The Balaban J connectivity index is 1.59. The third-order valence-electron chi connectivity index (χ3n) is 12.9. The van der Waals surface area contributed by atoms with Crippen molar-refractivity contribution in [3.8, 4) is 0 Å². The lowest BCUT2D eigenvalue weighted by molar-refractivity contribution is -0.204. The van der Waals surface area contributed by atoms with Gasteiger partial charge in [-0.25, -0.2) is 0 Å². The summed E-state index contributed by atoms with van der Waals surface area (Å²) in [4.78, 5) is 0. The Kier molecular flexibility index (Phi) is 4.66. The van der Waals surface area contributed by atoms with Gasteiger partial charge in [-0.2, -0.15) is 0 Å². The Hall–Kier alpha value is -0.300. The van der Waals surface area contributed by atoms with Gasteiger partial charge in [0.15, 0.2) is 0 Å². The molecule has 0 saturated heterocycles. The van der Waals surface area contributed by atoms with E-state index < -0.39 is 0 Å². The molecule has 5 rings (SSSR count). The molecule has 4 fully saturated rings. The molecule has 0 amide bonds. The summed E-state index contributed by atoms with van der Waals surface area (Å²) in [5, 5.41) is 10.9. The predicted molar refractivity (Wildman–Crippen MR) is 131 cm³/mol. The van der Waals surface area contributed by atoms with Gasteiger partial charge in [-0.15, -0.1) is 0 Å². The molecule has 0 aliphatic heterocycles. The van der Waals surface area contributed by atoms with Crippen molar-refractivity contribution in [2.45, 2.75) is 132 Å². The van der Waals surface area contributed by atoms with Crippen molar-refractivity contribution in [2.24, 2.45) is 44.3 Å². The number of aliphatic hydroxyl groups excluding tert-OH is 1. The summed E-state index contributed by atoms with van der Waals surface area (Å²) in [6, 6.07) is 0. The molecule has 7 atom stereocenters. The van der Waals surface area contributed by atoms with E-state index in [2.05, 4.69) is 55.4 Å². The fraction of sp³-hybridized carbons (Fsp3) is 0.933. The second kappa shape index (κ2) is 6.43. The van der Waals surface area contributed by atoms with Crippen molar-refractivity contribution in [3.63, 3.8) is 0 Å². The summed E-state index contributed by atoms with van der Waals surface area (Å²) >= 11 is 0. The third kappa shape index (κ3) is 2.77. The molecular weight excluding hydrogens is 376 g/mol. The molecule has 0 aromatic rings. The van der Waals surface area contributed by atoms with Gasteiger partial charge in [0.25, 0.3) is 0 Å². The molecule has 0 spiro atoms. The smallest absolute Gasteiger partial charge is 0.0594 e. The SMILES string of the molecule is CC1(C)CC[C@]2(C)CC[C@]3(C)C(=C2C1)CC[C@@H]1[C@@]2(C)CC[C@@H](O)C(C)(C)[C@@H]2CC[C@]13C. The van der Waals surface area contributed by atoms with Gasteiger partial charge >= 0.3 is 0 Å². The van der Waals surface area contributed by atoms with Crippen LogP contribution in [0.1, 0.15) is 126 Å². The first-order valence-corrected chi connectivity index (χ1v) is 13.6. The highest BCUT2D eigenvalue weighted by molar-refractivity contribution is 5.38. The third-order valence-corrected chi connectivity index (χ3v) is 12.9. The Morgan fingerprint density at radius 2 is 1.35 bits per heavy atom. The van der Waals surface area contributed by atoms with Gasteiger partial charge in [0.05, 0.1) is 6.10 Å². The van der Waals surface area contributed by atoms with Crippen LogP contribution in [0.3, 0.4) is 0 Å². The maximum atomic E-state index is 10.9. The minimum absolute atomic E-state index is 0.0620. The fourth-order valence-corrected chi connectivity index (χ4v) is 10.5. The lowest BCUT2D eigenvalue weighted by Crippen LogP contribution is -2.64. The first-order chi connectivity index (χ1) is 14.2. The summed E-state index contributed by atoms with van der Waals surface area (Å²) in [6.07, 6.45) is 14.5. The normalized spacial score (nSPS) is 53.1. The fourth-order valence-electron chi connectivity index (χ4n) is 10.5. The molecule has 31 heavy (non-hydrogen) atoms. The molecule has 1 N–H and O–H groups in total. The Morgan fingerprint density at radius 1 is 0.677 bits per heavy atom. The second-order valence-corrected chi connectivity index (χ2v) is 15.2. The zero-order chi connectivity index (χ0) is 22.7. The Labute approximate surface area is 192 Å². The van der Waals surface area contributed by atoms with E-state index in [1.54, 1.807) is 0 Å². The Bertz CT molecular complexity index is 803. The van der Waals surface area contributed by atoms with Crippen LogP contribution in [-0.2, 0) is 0 Å². The van der Waals surface area contributed by atoms with E-state index in [0.717, 1.165) is 12.3 Å².